The van der Waals surface area contributed by atoms with Gasteiger partial charge in [0.15, 0.2) is 11.6 Å². The number of benzene rings is 2. The summed E-state index contributed by atoms with van der Waals surface area (Å²) in [6.07, 6.45) is 3.71. The first-order valence-electron chi connectivity index (χ1n) is 8.61. The number of halogens is 2. The Morgan fingerprint density at radius 1 is 1.15 bits per heavy atom. The van der Waals surface area contributed by atoms with Crippen LogP contribution in [0.2, 0.25) is 0 Å². The smallest absolute Gasteiger partial charge is 0.162 e. The molecule has 2 aromatic carbocycles. The number of fused-ring (bicyclic) bond motifs is 2. The van der Waals surface area contributed by atoms with Crippen LogP contribution in [0.5, 0.6) is 0 Å². The normalized spacial score (nSPS) is 13.5. The lowest BCUT2D eigenvalue weighted by atomic mass is 9.99. The summed E-state index contributed by atoms with van der Waals surface area (Å²) in [5, 5.41) is 8.09. The van der Waals surface area contributed by atoms with Gasteiger partial charge < -0.3 is 4.57 Å². The number of hydrogen-bond donors (Lipinski definition) is 1. The topological polar surface area (TPSA) is 46.5 Å². The van der Waals surface area contributed by atoms with Crippen molar-refractivity contribution in [2.45, 2.75) is 26.3 Å². The molecule has 0 spiro atoms. The van der Waals surface area contributed by atoms with Gasteiger partial charge in [-0.2, -0.15) is 5.10 Å². The number of nitrogens with one attached hydrogen (secondary N) is 1. The summed E-state index contributed by atoms with van der Waals surface area (Å²) in [5.41, 5.74) is 4.49. The summed E-state index contributed by atoms with van der Waals surface area (Å²) in [6, 6.07) is 8.85. The van der Waals surface area contributed by atoms with Crippen LogP contribution in [0.4, 0.5) is 8.78 Å². The lowest BCUT2D eigenvalue weighted by Crippen LogP contribution is -1.98. The second kappa shape index (κ2) is 5.49. The summed E-state index contributed by atoms with van der Waals surface area (Å²) < 4.78 is 29.9. The lowest BCUT2D eigenvalue weighted by molar-refractivity contribution is 0.503. The fourth-order valence-electron chi connectivity index (χ4n) is 3.80. The quantitative estimate of drug-likeness (QED) is 0.573. The molecule has 0 bridgehead atoms. The molecule has 130 valence electrons. The van der Waals surface area contributed by atoms with Crippen molar-refractivity contribution in [3.63, 3.8) is 0 Å². The molecule has 0 radical (unpaired) electrons. The molecule has 0 saturated heterocycles. The number of imidazole rings is 1. The van der Waals surface area contributed by atoms with Crippen LogP contribution in [0.1, 0.15) is 17.8 Å². The monoisotopic (exact) mass is 350 g/mol. The molecule has 4 nitrogen and oxygen atoms in total. The maximum Gasteiger partial charge on any atom is 0.162 e. The summed E-state index contributed by atoms with van der Waals surface area (Å²) in [7, 11) is 0. The van der Waals surface area contributed by atoms with Crippen LogP contribution in [0.15, 0.2) is 36.5 Å². The van der Waals surface area contributed by atoms with Crippen LogP contribution in [-0.4, -0.2) is 19.7 Å². The van der Waals surface area contributed by atoms with Gasteiger partial charge in [0.05, 0.1) is 23.1 Å². The van der Waals surface area contributed by atoms with Gasteiger partial charge >= 0.3 is 0 Å². The van der Waals surface area contributed by atoms with Crippen LogP contribution in [0.25, 0.3) is 33.4 Å². The molecule has 0 amide bonds. The van der Waals surface area contributed by atoms with Gasteiger partial charge in [-0.15, -0.1) is 0 Å². The fourth-order valence-corrected chi connectivity index (χ4v) is 3.80. The molecule has 2 aromatic heterocycles. The van der Waals surface area contributed by atoms with E-state index in [-0.39, 0.29) is 5.56 Å². The van der Waals surface area contributed by atoms with Crippen molar-refractivity contribution in [1.29, 1.82) is 0 Å². The molecule has 0 fully saturated rings. The first-order valence-corrected chi connectivity index (χ1v) is 8.61. The van der Waals surface area contributed by atoms with Crippen molar-refractivity contribution in [2.24, 2.45) is 0 Å². The Labute approximate surface area is 148 Å². The Morgan fingerprint density at radius 2 is 2.04 bits per heavy atom. The molecule has 3 heterocycles. The number of nitrogens with zero attached hydrogens (tertiary/aromatic N) is 3. The fraction of sp³-hybridized carbons (Fsp3) is 0.200. The predicted octanol–water partition coefficient (Wildman–Crippen LogP) is 4.63. The second-order valence-electron chi connectivity index (χ2n) is 6.69. The van der Waals surface area contributed by atoms with E-state index in [2.05, 4.69) is 14.8 Å². The standard InChI is InChI=1S/C20H16F2N4/c1-11-14(6-7-15(21)18(11)22)19-20(26-8-2-3-17(26)24-19)12-4-5-13-10-23-25-16(13)9-12/h4-7,9-10H,2-3,8H2,1H3,(H,23,25). The van der Waals surface area contributed by atoms with Gasteiger partial charge in [0.25, 0.3) is 0 Å². The van der Waals surface area contributed by atoms with Crippen molar-refractivity contribution in [3.8, 4) is 22.5 Å². The van der Waals surface area contributed by atoms with Crippen molar-refractivity contribution < 1.29 is 8.78 Å². The summed E-state index contributed by atoms with van der Waals surface area (Å²) >= 11 is 0. The van der Waals surface area contributed by atoms with E-state index in [1.165, 1.54) is 6.07 Å². The van der Waals surface area contributed by atoms with Crippen LogP contribution < -0.4 is 0 Å². The molecule has 0 saturated carbocycles. The molecule has 5 rings (SSSR count). The zero-order chi connectivity index (χ0) is 17.8. The third-order valence-electron chi connectivity index (χ3n) is 5.14. The zero-order valence-electron chi connectivity index (χ0n) is 14.2. The number of aromatic amines is 1. The third-order valence-corrected chi connectivity index (χ3v) is 5.14. The molecule has 1 aliphatic rings. The molecular formula is C20H16F2N4. The molecule has 6 heteroatoms. The number of rotatable bonds is 2. The molecule has 0 unspecified atom stereocenters. The van der Waals surface area contributed by atoms with Gasteiger partial charge in [0.1, 0.15) is 5.82 Å². The molecule has 0 atom stereocenters. The maximum atomic E-state index is 14.2. The predicted molar refractivity (Wildman–Crippen MR) is 95.7 cm³/mol. The van der Waals surface area contributed by atoms with Gasteiger partial charge in [-0.05, 0) is 37.1 Å². The average Bonchev–Trinajstić information content (AvgIpc) is 3.34. The van der Waals surface area contributed by atoms with E-state index in [0.717, 1.165) is 47.4 Å². The minimum atomic E-state index is -0.835. The van der Waals surface area contributed by atoms with E-state index >= 15 is 0 Å². The summed E-state index contributed by atoms with van der Waals surface area (Å²) in [6.45, 7) is 2.47. The molecule has 1 N–H and O–H groups in total. The molecule has 0 aliphatic carbocycles. The first kappa shape index (κ1) is 15.3. The molecule has 1 aliphatic heterocycles. The Balaban J connectivity index is 1.79. The summed E-state index contributed by atoms with van der Waals surface area (Å²) in [4.78, 5) is 4.78. The Kier molecular flexibility index (Phi) is 3.22. The van der Waals surface area contributed by atoms with Crippen LogP contribution in [-0.2, 0) is 13.0 Å². The Bertz CT molecular complexity index is 1160. The van der Waals surface area contributed by atoms with Crippen LogP contribution in [0.3, 0.4) is 0 Å². The lowest BCUT2D eigenvalue weighted by Gasteiger charge is -2.11. The van der Waals surface area contributed by atoms with E-state index in [0.29, 0.717) is 11.3 Å². The highest BCUT2D eigenvalue weighted by atomic mass is 19.2. The zero-order valence-corrected chi connectivity index (χ0v) is 14.2. The minimum Gasteiger partial charge on any atom is -0.327 e. The number of hydrogen-bond acceptors (Lipinski definition) is 2. The van der Waals surface area contributed by atoms with Crippen molar-refractivity contribution >= 4 is 10.9 Å². The van der Waals surface area contributed by atoms with E-state index < -0.39 is 11.6 Å². The van der Waals surface area contributed by atoms with E-state index in [4.69, 9.17) is 4.98 Å². The number of aryl methyl sites for hydroxylation is 1. The van der Waals surface area contributed by atoms with Crippen LogP contribution >= 0.6 is 0 Å². The van der Waals surface area contributed by atoms with Gasteiger partial charge in [-0.3, -0.25) is 5.10 Å². The van der Waals surface area contributed by atoms with Crippen molar-refractivity contribution in [1.82, 2.24) is 19.7 Å². The molecular weight excluding hydrogens is 334 g/mol. The van der Waals surface area contributed by atoms with Crippen molar-refractivity contribution in [2.75, 3.05) is 0 Å². The number of H-pyrrole nitrogens is 1. The Hall–Kier alpha value is -3.02. The highest BCUT2D eigenvalue weighted by molar-refractivity contribution is 5.87. The summed E-state index contributed by atoms with van der Waals surface area (Å²) in [5.74, 6) is -0.659. The molecule has 26 heavy (non-hydrogen) atoms. The highest BCUT2D eigenvalue weighted by Gasteiger charge is 2.25. The van der Waals surface area contributed by atoms with E-state index in [1.54, 1.807) is 19.2 Å². The Morgan fingerprint density at radius 3 is 2.92 bits per heavy atom. The third kappa shape index (κ3) is 2.11. The molecule has 4 aromatic rings. The largest absolute Gasteiger partial charge is 0.327 e. The van der Waals surface area contributed by atoms with E-state index in [1.807, 2.05) is 18.2 Å². The van der Waals surface area contributed by atoms with E-state index in [9.17, 15) is 8.78 Å². The second-order valence-corrected chi connectivity index (χ2v) is 6.69. The average molecular weight is 350 g/mol. The first-order chi connectivity index (χ1) is 12.6. The number of aromatic nitrogens is 4. The van der Waals surface area contributed by atoms with Gasteiger partial charge in [0.2, 0.25) is 0 Å². The van der Waals surface area contributed by atoms with Gasteiger partial charge in [-0.1, -0.05) is 12.1 Å². The maximum absolute atomic E-state index is 14.2. The van der Waals surface area contributed by atoms with Gasteiger partial charge in [-0.25, -0.2) is 13.8 Å². The van der Waals surface area contributed by atoms with Gasteiger partial charge in [0, 0.05) is 29.5 Å². The highest BCUT2D eigenvalue weighted by Crippen LogP contribution is 2.38. The minimum absolute atomic E-state index is 0.283. The van der Waals surface area contributed by atoms with Crippen LogP contribution in [0, 0.1) is 18.6 Å². The van der Waals surface area contributed by atoms with Crippen molar-refractivity contribution in [3.05, 3.63) is 59.6 Å². The SMILES string of the molecule is Cc1c(-c2nc3n(c2-c2ccc4cn[nH]c4c2)CCC3)ccc(F)c1F.